The van der Waals surface area contributed by atoms with E-state index in [4.69, 9.17) is 5.73 Å². The van der Waals surface area contributed by atoms with Crippen molar-refractivity contribution in [1.82, 2.24) is 5.32 Å². The van der Waals surface area contributed by atoms with Crippen LogP contribution in [-0.2, 0) is 4.79 Å². The molecule has 2 aliphatic rings. The van der Waals surface area contributed by atoms with Crippen LogP contribution in [0, 0.1) is 39.4 Å². The van der Waals surface area contributed by atoms with E-state index in [0.717, 1.165) is 0 Å². The van der Waals surface area contributed by atoms with Gasteiger partial charge in [-0.05, 0) is 22.9 Å². The smallest absolute Gasteiger partial charge is 0.286 e. The molecule has 0 radical (unpaired) electrons. The molecule has 31 heavy (non-hydrogen) atoms. The lowest BCUT2D eigenvalue weighted by atomic mass is 9.55. The number of thioether (sulfide) groups is 1. The predicted octanol–water partition coefficient (Wildman–Crippen LogP) is 3.06. The van der Waals surface area contributed by atoms with E-state index in [-0.39, 0.29) is 11.3 Å². The van der Waals surface area contributed by atoms with Crippen molar-refractivity contribution in [3.63, 3.8) is 0 Å². The molecule has 2 aromatic carbocycles. The fourth-order valence-corrected chi connectivity index (χ4v) is 6.02. The fourth-order valence-electron chi connectivity index (χ4n) is 4.62. The maximum atomic E-state index is 13.5. The van der Waals surface area contributed by atoms with Gasteiger partial charge in [0.1, 0.15) is 4.75 Å². The zero-order chi connectivity index (χ0) is 22.2. The Morgan fingerprint density at radius 1 is 0.903 bits per heavy atom. The number of nitrogens with one attached hydrogen (secondary N) is 1. The lowest BCUT2D eigenvalue weighted by molar-refractivity contribution is -0.123. The number of nitrogens with zero attached hydrogens (tertiary/aromatic N) is 3. The molecule has 2 aromatic rings. The summed E-state index contributed by atoms with van der Waals surface area (Å²) in [5.41, 5.74) is 5.18. The second-order valence-electron chi connectivity index (χ2n) is 7.29. The summed E-state index contributed by atoms with van der Waals surface area (Å²) in [6.07, 6.45) is 0. The highest BCUT2D eigenvalue weighted by Gasteiger charge is 2.70. The van der Waals surface area contributed by atoms with Gasteiger partial charge in [0.05, 0.1) is 29.5 Å². The van der Waals surface area contributed by atoms with Crippen LogP contribution in [-0.4, -0.2) is 15.9 Å². The normalized spacial score (nSPS) is 26.6. The molecule has 3 unspecified atom stereocenters. The SMILES string of the molecule is N#CC1=C(N)C(C#N)(C#N)C(c2ccccc2)C2(SC(=O)NC2=O)C1c1ccccc1. The second kappa shape index (κ2) is 7.32. The van der Waals surface area contributed by atoms with Crippen molar-refractivity contribution < 1.29 is 9.59 Å². The van der Waals surface area contributed by atoms with Crippen LogP contribution in [0.1, 0.15) is 23.0 Å². The van der Waals surface area contributed by atoms with Gasteiger partial charge in [-0.3, -0.25) is 14.9 Å². The largest absolute Gasteiger partial charge is 0.399 e. The number of benzene rings is 2. The number of allylic oxidation sites excluding steroid dienone is 2. The van der Waals surface area contributed by atoms with Gasteiger partial charge in [-0.15, -0.1) is 0 Å². The monoisotopic (exact) mass is 425 g/mol. The summed E-state index contributed by atoms with van der Waals surface area (Å²) >= 11 is 0.714. The molecule has 0 saturated carbocycles. The van der Waals surface area contributed by atoms with Crippen LogP contribution < -0.4 is 11.1 Å². The Hall–Kier alpha value is -4.06. The summed E-state index contributed by atoms with van der Waals surface area (Å²) in [6.45, 7) is 0. The maximum Gasteiger partial charge on any atom is 0.286 e. The Balaban J connectivity index is 2.19. The molecule has 1 fully saturated rings. The molecule has 3 atom stereocenters. The molecule has 4 rings (SSSR count). The van der Waals surface area contributed by atoms with Crippen LogP contribution in [0.3, 0.4) is 0 Å². The van der Waals surface area contributed by atoms with E-state index in [1.54, 1.807) is 60.7 Å². The standard InChI is InChI=1S/C23H15N5O2S/c24-11-16-17(14-7-3-1-4-8-14)23(20(29)28-21(30)31-23)18(15-9-5-2-6-10-15)22(12-25,13-26)19(16)27/h1-10,17-18H,27H2,(H,28,29,30). The van der Waals surface area contributed by atoms with Gasteiger partial charge in [0, 0.05) is 11.8 Å². The highest BCUT2D eigenvalue weighted by Crippen LogP contribution is 2.64. The van der Waals surface area contributed by atoms with Gasteiger partial charge < -0.3 is 5.73 Å². The van der Waals surface area contributed by atoms with Gasteiger partial charge in [0.15, 0.2) is 5.41 Å². The first kappa shape index (κ1) is 20.2. The molecule has 2 amide bonds. The van der Waals surface area contributed by atoms with E-state index in [0.29, 0.717) is 22.9 Å². The molecular weight excluding hydrogens is 410 g/mol. The number of nitrogens with two attached hydrogens (primary N) is 1. The number of nitriles is 3. The summed E-state index contributed by atoms with van der Waals surface area (Å²) in [4.78, 5) is 26.0. The Kier molecular flexibility index (Phi) is 4.78. The minimum Gasteiger partial charge on any atom is -0.399 e. The number of amides is 2. The van der Waals surface area contributed by atoms with Gasteiger partial charge in [-0.25, -0.2) is 0 Å². The zero-order valence-corrected chi connectivity index (χ0v) is 16.9. The Morgan fingerprint density at radius 3 is 1.90 bits per heavy atom. The summed E-state index contributed by atoms with van der Waals surface area (Å²) in [5, 5.41) is 32.1. The Morgan fingerprint density at radius 2 is 1.45 bits per heavy atom. The van der Waals surface area contributed by atoms with E-state index in [1.165, 1.54) is 0 Å². The molecule has 1 aliphatic heterocycles. The molecule has 1 spiro atoms. The van der Waals surface area contributed by atoms with Crippen molar-refractivity contribution in [3.05, 3.63) is 83.1 Å². The van der Waals surface area contributed by atoms with Gasteiger partial charge >= 0.3 is 0 Å². The first-order chi connectivity index (χ1) is 15.0. The molecule has 1 saturated heterocycles. The molecule has 7 nitrogen and oxygen atoms in total. The predicted molar refractivity (Wildman–Crippen MR) is 113 cm³/mol. The van der Waals surface area contributed by atoms with Crippen LogP contribution in [0.5, 0.6) is 0 Å². The maximum absolute atomic E-state index is 13.5. The highest BCUT2D eigenvalue weighted by atomic mass is 32.2. The average Bonchev–Trinajstić information content (AvgIpc) is 3.09. The van der Waals surface area contributed by atoms with Crippen molar-refractivity contribution in [2.24, 2.45) is 11.1 Å². The molecule has 0 aromatic heterocycles. The number of rotatable bonds is 2. The van der Waals surface area contributed by atoms with Crippen molar-refractivity contribution in [1.29, 1.82) is 15.8 Å². The van der Waals surface area contributed by atoms with Crippen molar-refractivity contribution >= 4 is 22.9 Å². The van der Waals surface area contributed by atoms with Gasteiger partial charge in [0.25, 0.3) is 5.24 Å². The molecule has 1 heterocycles. The lowest BCUT2D eigenvalue weighted by Gasteiger charge is -2.49. The topological polar surface area (TPSA) is 144 Å². The minimum atomic E-state index is -2.02. The molecular formula is C23H15N5O2S. The third-order valence-electron chi connectivity index (χ3n) is 5.87. The van der Waals surface area contributed by atoms with Gasteiger partial charge in [-0.1, -0.05) is 60.7 Å². The minimum absolute atomic E-state index is 0.0566. The van der Waals surface area contributed by atoms with Crippen LogP contribution in [0.25, 0.3) is 0 Å². The van der Waals surface area contributed by atoms with Crippen molar-refractivity contribution in [3.8, 4) is 18.2 Å². The van der Waals surface area contributed by atoms with E-state index in [2.05, 4.69) is 5.32 Å². The molecule has 0 bridgehead atoms. The highest BCUT2D eigenvalue weighted by molar-refractivity contribution is 8.16. The first-order valence-corrected chi connectivity index (χ1v) is 10.1. The third kappa shape index (κ3) is 2.65. The quantitative estimate of drug-likeness (QED) is 0.752. The second-order valence-corrected chi connectivity index (χ2v) is 8.55. The summed E-state index contributed by atoms with van der Waals surface area (Å²) in [7, 11) is 0. The zero-order valence-electron chi connectivity index (χ0n) is 16.1. The number of imide groups is 1. The van der Waals surface area contributed by atoms with E-state index >= 15 is 0 Å². The summed E-state index contributed by atoms with van der Waals surface area (Å²) in [6, 6.07) is 23.4. The van der Waals surface area contributed by atoms with E-state index in [1.807, 2.05) is 18.2 Å². The summed E-state index contributed by atoms with van der Waals surface area (Å²) in [5.74, 6) is -2.69. The first-order valence-electron chi connectivity index (χ1n) is 9.33. The number of carbonyl (C=O) groups is 2. The van der Waals surface area contributed by atoms with Crippen LogP contribution >= 0.6 is 11.8 Å². The third-order valence-corrected chi connectivity index (χ3v) is 7.15. The fraction of sp³-hybridized carbons (Fsp3) is 0.174. The molecule has 3 N–H and O–H groups in total. The van der Waals surface area contributed by atoms with E-state index in [9.17, 15) is 25.4 Å². The van der Waals surface area contributed by atoms with Crippen LogP contribution in [0.2, 0.25) is 0 Å². The van der Waals surface area contributed by atoms with Gasteiger partial charge in [0.2, 0.25) is 5.91 Å². The summed E-state index contributed by atoms with van der Waals surface area (Å²) < 4.78 is -1.65. The molecule has 8 heteroatoms. The van der Waals surface area contributed by atoms with Gasteiger partial charge in [-0.2, -0.15) is 15.8 Å². The Bertz CT molecular complexity index is 1220. The van der Waals surface area contributed by atoms with Crippen molar-refractivity contribution in [2.45, 2.75) is 16.6 Å². The number of hydrogen-bond acceptors (Lipinski definition) is 7. The lowest BCUT2D eigenvalue weighted by Crippen LogP contribution is -2.57. The number of hydrogen-bond donors (Lipinski definition) is 2. The van der Waals surface area contributed by atoms with Crippen LogP contribution in [0.15, 0.2) is 71.9 Å². The van der Waals surface area contributed by atoms with Crippen molar-refractivity contribution in [2.75, 3.05) is 0 Å². The van der Waals surface area contributed by atoms with Crippen LogP contribution in [0.4, 0.5) is 4.79 Å². The van der Waals surface area contributed by atoms with E-state index < -0.39 is 33.1 Å². The molecule has 150 valence electrons. The average molecular weight is 425 g/mol. The number of carbonyl (C=O) groups excluding carboxylic acids is 2. The molecule has 1 aliphatic carbocycles. The Labute approximate surface area is 182 Å².